The Morgan fingerprint density at radius 2 is 1.60 bits per heavy atom. The summed E-state index contributed by atoms with van der Waals surface area (Å²) >= 11 is 0. The summed E-state index contributed by atoms with van der Waals surface area (Å²) in [5, 5.41) is 15.1. The van der Waals surface area contributed by atoms with Crippen LogP contribution in [0.4, 0.5) is 21.5 Å². The van der Waals surface area contributed by atoms with Gasteiger partial charge in [-0.15, -0.1) is 0 Å². The van der Waals surface area contributed by atoms with E-state index >= 15 is 0 Å². The van der Waals surface area contributed by atoms with Crippen LogP contribution >= 0.6 is 0 Å². The van der Waals surface area contributed by atoms with Crippen LogP contribution in [-0.4, -0.2) is 31.3 Å². The van der Waals surface area contributed by atoms with Gasteiger partial charge in [-0.25, -0.2) is 9.18 Å². The van der Waals surface area contributed by atoms with E-state index in [0.717, 1.165) is 55.7 Å². The fourth-order valence-corrected chi connectivity index (χ4v) is 5.79. The second kappa shape index (κ2) is 12.8. The van der Waals surface area contributed by atoms with E-state index in [2.05, 4.69) is 24.1 Å². The van der Waals surface area contributed by atoms with Gasteiger partial charge in [-0.3, -0.25) is 0 Å². The third kappa shape index (κ3) is 5.76. The fraction of sp³-hybridized carbons (Fsp3) is 0.306. The van der Waals surface area contributed by atoms with E-state index in [1.165, 1.54) is 12.1 Å². The van der Waals surface area contributed by atoms with Crippen molar-refractivity contribution >= 4 is 23.0 Å². The van der Waals surface area contributed by atoms with E-state index in [0.29, 0.717) is 33.7 Å². The maximum Gasteiger partial charge on any atom is 0.340 e. The smallest absolute Gasteiger partial charge is 0.340 e. The largest absolute Gasteiger partial charge is 0.507 e. The Bertz CT molecular complexity index is 1600. The quantitative estimate of drug-likeness (QED) is 0.163. The molecular weight excluding hydrogens is 543 g/mol. The first kappa shape index (κ1) is 30.0. The average Bonchev–Trinajstić information content (AvgIpc) is 3.31. The minimum absolute atomic E-state index is 0.0238. The van der Waals surface area contributed by atoms with Crippen molar-refractivity contribution in [2.45, 2.75) is 52.1 Å². The number of ether oxygens (including phenoxy) is 2. The first-order valence-electron chi connectivity index (χ1n) is 14.9. The summed E-state index contributed by atoms with van der Waals surface area (Å²) in [6, 6.07) is 22.7. The topological polar surface area (TPSA) is 71.0 Å². The molecule has 5 rings (SSSR count). The Labute approximate surface area is 253 Å². The zero-order chi connectivity index (χ0) is 30.6. The van der Waals surface area contributed by atoms with Gasteiger partial charge in [0.25, 0.3) is 0 Å². The van der Waals surface area contributed by atoms with Crippen LogP contribution in [0.25, 0.3) is 0 Å². The molecule has 4 aromatic carbocycles. The number of rotatable bonds is 12. The van der Waals surface area contributed by atoms with Crippen LogP contribution in [0, 0.1) is 12.7 Å². The van der Waals surface area contributed by atoms with Crippen LogP contribution < -0.4 is 15.0 Å². The highest BCUT2D eigenvalue weighted by Gasteiger charge is 2.51. The van der Waals surface area contributed by atoms with Gasteiger partial charge in [-0.2, -0.15) is 0 Å². The normalized spacial score (nSPS) is 15.6. The molecule has 6 nitrogen and oxygen atoms in total. The van der Waals surface area contributed by atoms with Gasteiger partial charge >= 0.3 is 5.97 Å². The number of nitrogens with zero attached hydrogens (tertiary/aromatic N) is 1. The number of phenols is 1. The number of benzene rings is 4. The first-order chi connectivity index (χ1) is 20.8. The number of nitrogens with one attached hydrogen (secondary N) is 1. The van der Waals surface area contributed by atoms with Crippen molar-refractivity contribution in [2.24, 2.45) is 0 Å². The summed E-state index contributed by atoms with van der Waals surface area (Å²) in [5.74, 6) is -0.284. The van der Waals surface area contributed by atoms with Gasteiger partial charge in [-0.05, 0) is 79.9 Å². The minimum Gasteiger partial charge on any atom is -0.507 e. The molecule has 1 unspecified atom stereocenters. The molecule has 0 saturated carbocycles. The molecule has 0 aliphatic carbocycles. The molecule has 1 heterocycles. The van der Waals surface area contributed by atoms with Crippen molar-refractivity contribution in [1.29, 1.82) is 0 Å². The number of phenolic OH excluding ortho intramolecular Hbond substituents is 1. The molecule has 1 aliphatic heterocycles. The van der Waals surface area contributed by atoms with Crippen LogP contribution in [0.5, 0.6) is 11.5 Å². The number of esters is 1. The number of hydrogen-bond acceptors (Lipinski definition) is 6. The number of carbonyl (C=O) groups is 1. The van der Waals surface area contributed by atoms with E-state index in [-0.39, 0.29) is 11.6 Å². The van der Waals surface area contributed by atoms with E-state index in [4.69, 9.17) is 9.47 Å². The molecule has 0 aromatic heterocycles. The van der Waals surface area contributed by atoms with Crippen molar-refractivity contribution < 1.29 is 23.8 Å². The summed E-state index contributed by atoms with van der Waals surface area (Å²) in [5.41, 5.74) is 3.78. The molecule has 0 spiro atoms. The predicted octanol–water partition coefficient (Wildman–Crippen LogP) is 8.46. The molecule has 0 amide bonds. The minimum atomic E-state index is -1.48. The van der Waals surface area contributed by atoms with E-state index in [1.807, 2.05) is 43.3 Å². The maximum atomic E-state index is 13.6. The summed E-state index contributed by atoms with van der Waals surface area (Å²) in [7, 11) is 1.57. The molecule has 1 aliphatic rings. The molecule has 43 heavy (non-hydrogen) atoms. The molecule has 0 bridgehead atoms. The maximum absolute atomic E-state index is 13.6. The number of methoxy groups -OCH3 is 1. The third-order valence-corrected chi connectivity index (χ3v) is 8.11. The molecular formula is C36H39FN2O4. The zero-order valence-electron chi connectivity index (χ0n) is 25.2. The lowest BCUT2D eigenvalue weighted by Crippen LogP contribution is -2.31. The molecule has 1 atom stereocenters. The van der Waals surface area contributed by atoms with Crippen molar-refractivity contribution in [3.63, 3.8) is 0 Å². The molecule has 0 radical (unpaired) electrons. The SMILES string of the molecule is CCCCN(CCCC)c1ccc(C2(c3cc(Nc4ccc(F)cc4)c(C)cc3OC)OC(=O)c3ccccc32)c(O)c1. The fourth-order valence-electron chi connectivity index (χ4n) is 5.79. The second-order valence-electron chi connectivity index (χ2n) is 11.0. The summed E-state index contributed by atoms with van der Waals surface area (Å²) in [6.45, 7) is 8.06. The van der Waals surface area contributed by atoms with Gasteiger partial charge < -0.3 is 24.8 Å². The van der Waals surface area contributed by atoms with Gasteiger partial charge in [0.1, 0.15) is 17.3 Å². The Hall–Kier alpha value is -4.52. The van der Waals surface area contributed by atoms with Crippen LogP contribution in [0.3, 0.4) is 0 Å². The number of unbranched alkanes of at least 4 members (excludes halogenated alkanes) is 2. The molecule has 0 saturated heterocycles. The van der Waals surface area contributed by atoms with Gasteiger partial charge in [0.05, 0.1) is 12.7 Å². The lowest BCUT2D eigenvalue weighted by Gasteiger charge is -2.33. The Morgan fingerprint density at radius 3 is 2.26 bits per heavy atom. The van der Waals surface area contributed by atoms with Crippen molar-refractivity contribution in [1.82, 2.24) is 0 Å². The van der Waals surface area contributed by atoms with Crippen molar-refractivity contribution in [2.75, 3.05) is 30.4 Å². The standard InChI is InChI=1S/C36H39FN2O4/c1-5-7-19-39(20-8-6-2)27-17-18-30(33(40)22-27)36(29-12-10-9-11-28(29)35(41)43-36)31-23-32(24(3)21-34(31)42-4)38-26-15-13-25(37)14-16-26/h9-18,21-23,38,40H,5-8,19-20H2,1-4H3. The monoisotopic (exact) mass is 582 g/mol. The van der Waals surface area contributed by atoms with E-state index in [9.17, 15) is 14.3 Å². The number of fused-ring (bicyclic) bond motifs is 1. The predicted molar refractivity (Wildman–Crippen MR) is 169 cm³/mol. The number of cyclic esters (lactones) is 1. The van der Waals surface area contributed by atoms with E-state index in [1.54, 1.807) is 37.4 Å². The van der Waals surface area contributed by atoms with E-state index < -0.39 is 11.6 Å². The van der Waals surface area contributed by atoms with Gasteiger partial charge in [0.15, 0.2) is 5.60 Å². The molecule has 4 aromatic rings. The molecule has 224 valence electrons. The van der Waals surface area contributed by atoms with Gasteiger partial charge in [0, 0.05) is 52.9 Å². The summed E-state index contributed by atoms with van der Waals surface area (Å²) in [6.07, 6.45) is 4.24. The third-order valence-electron chi connectivity index (χ3n) is 8.11. The molecule has 2 N–H and O–H groups in total. The number of aromatic hydroxyl groups is 1. The number of aryl methyl sites for hydroxylation is 1. The Balaban J connectivity index is 1.70. The number of hydrogen-bond donors (Lipinski definition) is 2. The van der Waals surface area contributed by atoms with Gasteiger partial charge in [-0.1, -0.05) is 44.9 Å². The van der Waals surface area contributed by atoms with Gasteiger partial charge in [0.2, 0.25) is 0 Å². The summed E-state index contributed by atoms with van der Waals surface area (Å²) < 4.78 is 25.8. The zero-order valence-corrected chi connectivity index (χ0v) is 25.2. The lowest BCUT2D eigenvalue weighted by molar-refractivity contribution is 0.0239. The number of carbonyl (C=O) groups excluding carboxylic acids is 1. The van der Waals surface area contributed by atoms with Crippen LogP contribution in [0.15, 0.2) is 78.9 Å². The summed E-state index contributed by atoms with van der Waals surface area (Å²) in [4.78, 5) is 15.7. The van der Waals surface area contributed by atoms with Crippen molar-refractivity contribution in [3.8, 4) is 11.5 Å². The van der Waals surface area contributed by atoms with Crippen LogP contribution in [0.1, 0.15) is 72.1 Å². The highest BCUT2D eigenvalue weighted by molar-refractivity contribution is 5.97. The number of anilines is 3. The second-order valence-corrected chi connectivity index (χ2v) is 11.0. The molecule has 7 heteroatoms. The van der Waals surface area contributed by atoms with Crippen LogP contribution in [-0.2, 0) is 10.3 Å². The average molecular weight is 583 g/mol. The molecule has 0 fully saturated rings. The van der Waals surface area contributed by atoms with Crippen molar-refractivity contribution in [3.05, 3.63) is 112 Å². The highest BCUT2D eigenvalue weighted by Crippen LogP contribution is 2.53. The lowest BCUT2D eigenvalue weighted by atomic mass is 9.78. The highest BCUT2D eigenvalue weighted by atomic mass is 19.1. The van der Waals surface area contributed by atoms with Crippen LogP contribution in [0.2, 0.25) is 0 Å². The Morgan fingerprint density at radius 1 is 0.907 bits per heavy atom. The Kier molecular flexibility index (Phi) is 8.90. The first-order valence-corrected chi connectivity index (χ1v) is 14.9. The number of halogens is 1.